The molecule has 34 heavy (non-hydrogen) atoms. The van der Waals surface area contributed by atoms with Gasteiger partial charge < -0.3 is 4.74 Å². The van der Waals surface area contributed by atoms with Gasteiger partial charge in [-0.1, -0.05) is 17.4 Å². The molecule has 1 amide bonds. The summed E-state index contributed by atoms with van der Waals surface area (Å²) < 4.78 is 31.8. The molecule has 0 aliphatic heterocycles. The average molecular weight is 496 g/mol. The summed E-state index contributed by atoms with van der Waals surface area (Å²) in [6.45, 7) is 4.30. The van der Waals surface area contributed by atoms with Gasteiger partial charge in [0.15, 0.2) is 15.0 Å². The molecular formula is C25H25N3O4S2. The summed E-state index contributed by atoms with van der Waals surface area (Å²) in [6.07, 6.45) is 3.17. The fourth-order valence-corrected chi connectivity index (χ4v) is 6.05. The quantitative estimate of drug-likeness (QED) is 0.352. The van der Waals surface area contributed by atoms with Crippen LogP contribution in [0.15, 0.2) is 65.8 Å². The number of aromatic nitrogens is 2. The van der Waals surface area contributed by atoms with Gasteiger partial charge in [-0.15, -0.1) is 0 Å². The molecule has 4 aromatic rings. The van der Waals surface area contributed by atoms with Gasteiger partial charge in [-0.3, -0.25) is 14.7 Å². The molecule has 2 heterocycles. The van der Waals surface area contributed by atoms with Crippen LogP contribution in [0.25, 0.3) is 10.2 Å². The lowest BCUT2D eigenvalue weighted by Crippen LogP contribution is -2.31. The number of fused-ring (bicyclic) bond motifs is 1. The number of anilines is 1. The summed E-state index contributed by atoms with van der Waals surface area (Å²) in [5.74, 6) is -0.0316. The Morgan fingerprint density at radius 3 is 2.44 bits per heavy atom. The Morgan fingerprint density at radius 2 is 1.76 bits per heavy atom. The molecule has 0 saturated carbocycles. The summed E-state index contributed by atoms with van der Waals surface area (Å²) in [5.41, 5.74) is 3.89. The van der Waals surface area contributed by atoms with E-state index in [1.54, 1.807) is 29.4 Å². The van der Waals surface area contributed by atoms with Crippen LogP contribution in [0.2, 0.25) is 0 Å². The van der Waals surface area contributed by atoms with Gasteiger partial charge in [0.25, 0.3) is 0 Å². The Balaban J connectivity index is 1.61. The minimum Gasteiger partial charge on any atom is -0.497 e. The number of rotatable bonds is 8. The van der Waals surface area contributed by atoms with E-state index in [0.717, 1.165) is 26.9 Å². The summed E-state index contributed by atoms with van der Waals surface area (Å²) in [6, 6.07) is 13.9. The highest BCUT2D eigenvalue weighted by molar-refractivity contribution is 7.91. The second kappa shape index (κ2) is 9.90. The smallest absolute Gasteiger partial charge is 0.230 e. The van der Waals surface area contributed by atoms with Crippen molar-refractivity contribution in [2.45, 2.75) is 31.7 Å². The van der Waals surface area contributed by atoms with Crippen molar-refractivity contribution in [3.05, 3.63) is 77.6 Å². The normalized spacial score (nSPS) is 11.5. The fourth-order valence-electron chi connectivity index (χ4n) is 3.67. The Hall–Kier alpha value is -3.30. The summed E-state index contributed by atoms with van der Waals surface area (Å²) in [5, 5.41) is 0.548. The highest BCUT2D eigenvalue weighted by Gasteiger charge is 2.24. The molecule has 2 aromatic heterocycles. The van der Waals surface area contributed by atoms with E-state index in [4.69, 9.17) is 9.72 Å². The number of amides is 1. The zero-order valence-electron chi connectivity index (χ0n) is 19.2. The standard InChI is InChI=1S/C25H25N3O4S2/c1-17-14-18(2)24-22(15-17)33-25(27-24)28(16-19-8-11-26-12-9-19)23(29)10-13-34(30,31)21-6-4-20(32-3)5-7-21/h4-9,11-12,14-15H,10,13,16H2,1-3H3. The number of thiazole rings is 1. The maximum atomic E-state index is 13.3. The molecule has 0 radical (unpaired) electrons. The maximum absolute atomic E-state index is 13.3. The molecule has 9 heteroatoms. The van der Waals surface area contributed by atoms with E-state index in [1.165, 1.54) is 30.6 Å². The molecule has 0 spiro atoms. The first-order chi connectivity index (χ1) is 16.3. The van der Waals surface area contributed by atoms with Crippen molar-refractivity contribution < 1.29 is 17.9 Å². The number of aryl methyl sites for hydroxylation is 2. The number of hydrogen-bond donors (Lipinski definition) is 0. The van der Waals surface area contributed by atoms with Crippen LogP contribution in [0.4, 0.5) is 5.13 Å². The second-order valence-electron chi connectivity index (χ2n) is 8.00. The van der Waals surface area contributed by atoms with Gasteiger partial charge in [-0.25, -0.2) is 13.4 Å². The van der Waals surface area contributed by atoms with Crippen molar-refractivity contribution >= 4 is 42.4 Å². The van der Waals surface area contributed by atoms with E-state index in [2.05, 4.69) is 11.1 Å². The highest BCUT2D eigenvalue weighted by atomic mass is 32.2. The molecule has 2 aromatic carbocycles. The topological polar surface area (TPSA) is 89.5 Å². The zero-order valence-corrected chi connectivity index (χ0v) is 20.8. The van der Waals surface area contributed by atoms with E-state index >= 15 is 0 Å². The summed E-state index contributed by atoms with van der Waals surface area (Å²) in [7, 11) is -2.12. The van der Waals surface area contributed by atoms with Crippen LogP contribution in [0.1, 0.15) is 23.1 Å². The van der Waals surface area contributed by atoms with Crippen LogP contribution in [0, 0.1) is 13.8 Å². The molecule has 0 fully saturated rings. The van der Waals surface area contributed by atoms with E-state index in [-0.39, 0.29) is 29.5 Å². The number of carbonyl (C=O) groups excluding carboxylic acids is 1. The first-order valence-electron chi connectivity index (χ1n) is 10.7. The minimum atomic E-state index is -3.64. The maximum Gasteiger partial charge on any atom is 0.230 e. The van der Waals surface area contributed by atoms with Crippen LogP contribution >= 0.6 is 11.3 Å². The average Bonchev–Trinajstić information content (AvgIpc) is 3.26. The number of sulfone groups is 1. The lowest BCUT2D eigenvalue weighted by atomic mass is 10.1. The van der Waals surface area contributed by atoms with Gasteiger partial charge >= 0.3 is 0 Å². The number of methoxy groups -OCH3 is 1. The second-order valence-corrected chi connectivity index (χ2v) is 11.1. The number of nitrogens with zero attached hydrogens (tertiary/aromatic N) is 3. The van der Waals surface area contributed by atoms with Gasteiger partial charge in [-0.05, 0) is 73.0 Å². The van der Waals surface area contributed by atoms with E-state index < -0.39 is 9.84 Å². The van der Waals surface area contributed by atoms with Crippen LogP contribution in [-0.4, -0.2) is 37.2 Å². The molecule has 0 unspecified atom stereocenters. The predicted molar refractivity (Wildman–Crippen MR) is 134 cm³/mol. The number of ether oxygens (including phenoxy) is 1. The van der Waals surface area contributed by atoms with Gasteiger partial charge in [0.1, 0.15) is 5.75 Å². The van der Waals surface area contributed by atoms with Crippen LogP contribution in [0.5, 0.6) is 5.75 Å². The van der Waals surface area contributed by atoms with Crippen molar-refractivity contribution in [1.29, 1.82) is 0 Å². The molecule has 0 saturated heterocycles. The molecule has 0 atom stereocenters. The van der Waals surface area contributed by atoms with Crippen molar-refractivity contribution in [3.8, 4) is 5.75 Å². The van der Waals surface area contributed by atoms with Crippen LogP contribution < -0.4 is 9.64 Å². The molecule has 0 aliphatic carbocycles. The van der Waals surface area contributed by atoms with E-state index in [0.29, 0.717) is 10.9 Å². The number of pyridine rings is 1. The van der Waals surface area contributed by atoms with Crippen LogP contribution in [-0.2, 0) is 21.2 Å². The zero-order chi connectivity index (χ0) is 24.3. The summed E-state index contributed by atoms with van der Waals surface area (Å²) in [4.78, 5) is 23.8. The molecule has 0 aliphatic rings. The molecular weight excluding hydrogens is 470 g/mol. The lowest BCUT2D eigenvalue weighted by molar-refractivity contribution is -0.118. The molecule has 4 rings (SSSR count). The summed E-state index contributed by atoms with van der Waals surface area (Å²) >= 11 is 1.43. The van der Waals surface area contributed by atoms with Gasteiger partial charge in [0.05, 0.1) is 34.5 Å². The molecule has 0 N–H and O–H groups in total. The lowest BCUT2D eigenvalue weighted by Gasteiger charge is -2.20. The predicted octanol–water partition coefficient (Wildman–Crippen LogP) is 4.71. The number of benzene rings is 2. The first-order valence-corrected chi connectivity index (χ1v) is 13.2. The number of carbonyl (C=O) groups is 1. The van der Waals surface area contributed by atoms with Crippen molar-refractivity contribution in [3.63, 3.8) is 0 Å². The van der Waals surface area contributed by atoms with E-state index in [1.807, 2.05) is 32.0 Å². The van der Waals surface area contributed by atoms with E-state index in [9.17, 15) is 13.2 Å². The van der Waals surface area contributed by atoms with Gasteiger partial charge in [0, 0.05) is 18.8 Å². The largest absolute Gasteiger partial charge is 0.497 e. The monoisotopic (exact) mass is 495 g/mol. The minimum absolute atomic E-state index is 0.159. The Morgan fingerprint density at radius 1 is 1.06 bits per heavy atom. The van der Waals surface area contributed by atoms with Gasteiger partial charge in [-0.2, -0.15) is 0 Å². The van der Waals surface area contributed by atoms with Crippen LogP contribution in [0.3, 0.4) is 0 Å². The fraction of sp³-hybridized carbons (Fsp3) is 0.240. The Labute approximate surface area is 203 Å². The highest BCUT2D eigenvalue weighted by Crippen LogP contribution is 2.33. The van der Waals surface area contributed by atoms with Crippen molar-refractivity contribution in [2.75, 3.05) is 17.8 Å². The number of hydrogen-bond acceptors (Lipinski definition) is 7. The Kier molecular flexibility index (Phi) is 6.95. The molecule has 0 bridgehead atoms. The van der Waals surface area contributed by atoms with Crippen molar-refractivity contribution in [2.24, 2.45) is 0 Å². The molecule has 176 valence electrons. The van der Waals surface area contributed by atoms with Crippen molar-refractivity contribution in [1.82, 2.24) is 9.97 Å². The third kappa shape index (κ3) is 5.26. The Bertz CT molecular complexity index is 1420. The first kappa shape index (κ1) is 23.8. The SMILES string of the molecule is COc1ccc(S(=O)(=O)CCC(=O)N(Cc2ccncc2)c2nc3c(C)cc(C)cc3s2)cc1. The third-order valence-electron chi connectivity index (χ3n) is 5.44. The van der Waals surface area contributed by atoms with Gasteiger partial charge in [0.2, 0.25) is 5.91 Å². The third-order valence-corrected chi connectivity index (χ3v) is 8.20. The molecule has 7 nitrogen and oxygen atoms in total.